The smallest absolute Gasteiger partial charge is 0.243 e. The fourth-order valence-corrected chi connectivity index (χ4v) is 5.44. The summed E-state index contributed by atoms with van der Waals surface area (Å²) < 4.78 is 26.6. The Kier molecular flexibility index (Phi) is 5.96. The number of thiocarbonyl (C=S) groups is 1. The zero-order valence-electron chi connectivity index (χ0n) is 14.7. The number of rotatable bonds is 4. The lowest BCUT2D eigenvalue weighted by molar-refractivity contribution is 0.309. The predicted octanol–water partition coefficient (Wildman–Crippen LogP) is 3.34. The molecule has 1 saturated heterocycles. The van der Waals surface area contributed by atoms with Crippen molar-refractivity contribution >= 4 is 33.0 Å². The number of hydrogen-bond donors (Lipinski definition) is 2. The molecule has 1 aliphatic carbocycles. The van der Waals surface area contributed by atoms with E-state index in [-0.39, 0.29) is 0 Å². The molecule has 1 aromatic carbocycles. The quantitative estimate of drug-likeness (QED) is 0.784. The highest BCUT2D eigenvalue weighted by Gasteiger charge is 2.27. The minimum absolute atomic E-state index is 0.347. The minimum Gasteiger partial charge on any atom is -0.359 e. The average molecular weight is 382 g/mol. The molecule has 0 aromatic heterocycles. The molecule has 3 rings (SSSR count). The lowest BCUT2D eigenvalue weighted by Crippen LogP contribution is -2.43. The number of nitrogens with one attached hydrogen (secondary N) is 2. The summed E-state index contributed by atoms with van der Waals surface area (Å²) in [6.07, 6.45) is 6.82. The van der Waals surface area contributed by atoms with Crippen LogP contribution in [-0.2, 0) is 10.0 Å². The molecule has 0 amide bonds. The molecule has 1 heterocycles. The van der Waals surface area contributed by atoms with Crippen LogP contribution < -0.4 is 10.6 Å². The molecule has 2 fully saturated rings. The van der Waals surface area contributed by atoms with Crippen LogP contribution in [0.1, 0.15) is 45.4 Å². The molecular weight excluding hydrogens is 354 g/mol. The lowest BCUT2D eigenvalue weighted by atomic mass is 9.86. The van der Waals surface area contributed by atoms with Crippen LogP contribution in [0.4, 0.5) is 5.69 Å². The van der Waals surface area contributed by atoms with Gasteiger partial charge in [-0.15, -0.1) is 0 Å². The molecule has 7 heteroatoms. The molecule has 2 aliphatic rings. The van der Waals surface area contributed by atoms with E-state index in [0.717, 1.165) is 24.9 Å². The van der Waals surface area contributed by atoms with Crippen LogP contribution in [0.5, 0.6) is 0 Å². The Balaban J connectivity index is 1.59. The molecule has 0 spiro atoms. The van der Waals surface area contributed by atoms with Crippen molar-refractivity contribution in [3.63, 3.8) is 0 Å². The van der Waals surface area contributed by atoms with Crippen LogP contribution in [0.25, 0.3) is 0 Å². The van der Waals surface area contributed by atoms with Crippen molar-refractivity contribution in [2.45, 2.75) is 56.4 Å². The lowest BCUT2D eigenvalue weighted by Gasteiger charge is -2.30. The van der Waals surface area contributed by atoms with Gasteiger partial charge in [0.25, 0.3) is 0 Å². The first-order valence-corrected chi connectivity index (χ1v) is 11.0. The van der Waals surface area contributed by atoms with Gasteiger partial charge in [0.05, 0.1) is 4.90 Å². The number of benzene rings is 1. The highest BCUT2D eigenvalue weighted by atomic mass is 32.2. The van der Waals surface area contributed by atoms with E-state index in [1.54, 1.807) is 28.6 Å². The van der Waals surface area contributed by atoms with E-state index in [4.69, 9.17) is 12.2 Å². The molecule has 2 N–H and O–H groups in total. The first-order valence-electron chi connectivity index (χ1n) is 9.14. The third-order valence-corrected chi connectivity index (χ3v) is 7.38. The normalized spacial score (nSPS) is 24.8. The topological polar surface area (TPSA) is 61.4 Å². The van der Waals surface area contributed by atoms with Crippen LogP contribution in [0.2, 0.25) is 0 Å². The molecule has 5 nitrogen and oxygen atoms in total. The number of sulfonamides is 1. The Morgan fingerprint density at radius 2 is 1.72 bits per heavy atom. The maximum atomic E-state index is 12.5. The number of nitrogens with zero attached hydrogens (tertiary/aromatic N) is 1. The van der Waals surface area contributed by atoms with Crippen molar-refractivity contribution in [1.82, 2.24) is 9.62 Å². The van der Waals surface area contributed by atoms with Crippen molar-refractivity contribution < 1.29 is 8.42 Å². The summed E-state index contributed by atoms with van der Waals surface area (Å²) >= 11 is 5.41. The van der Waals surface area contributed by atoms with Gasteiger partial charge < -0.3 is 10.6 Å². The molecule has 1 saturated carbocycles. The Labute approximate surface area is 156 Å². The van der Waals surface area contributed by atoms with Gasteiger partial charge in [-0.3, -0.25) is 0 Å². The summed E-state index contributed by atoms with van der Waals surface area (Å²) in [5.74, 6) is 0.626. The summed E-state index contributed by atoms with van der Waals surface area (Å²) in [6.45, 7) is 3.50. The summed E-state index contributed by atoms with van der Waals surface area (Å²) in [5.41, 5.74) is 0.807. The molecule has 1 aliphatic heterocycles. The van der Waals surface area contributed by atoms with Gasteiger partial charge in [0.15, 0.2) is 5.11 Å². The number of hydrogen-bond acceptors (Lipinski definition) is 3. The fraction of sp³-hybridized carbons (Fsp3) is 0.611. The van der Waals surface area contributed by atoms with Gasteiger partial charge in [0.1, 0.15) is 0 Å². The average Bonchev–Trinajstić information content (AvgIpc) is 3.13. The third-order valence-electron chi connectivity index (χ3n) is 5.24. The van der Waals surface area contributed by atoms with Crippen LogP contribution >= 0.6 is 12.2 Å². The van der Waals surface area contributed by atoms with E-state index >= 15 is 0 Å². The van der Waals surface area contributed by atoms with E-state index in [1.165, 1.54) is 19.3 Å². The Bertz CT molecular complexity index is 698. The largest absolute Gasteiger partial charge is 0.359 e. The van der Waals surface area contributed by atoms with Gasteiger partial charge in [-0.05, 0) is 68.1 Å². The van der Waals surface area contributed by atoms with Gasteiger partial charge in [0.2, 0.25) is 10.0 Å². The second kappa shape index (κ2) is 8.01. The van der Waals surface area contributed by atoms with Crippen LogP contribution in [0.15, 0.2) is 29.2 Å². The van der Waals surface area contributed by atoms with Crippen molar-refractivity contribution in [1.29, 1.82) is 0 Å². The summed E-state index contributed by atoms with van der Waals surface area (Å²) in [5, 5.41) is 7.18. The molecule has 0 radical (unpaired) electrons. The summed E-state index contributed by atoms with van der Waals surface area (Å²) in [6, 6.07) is 7.29. The minimum atomic E-state index is -3.36. The zero-order chi connectivity index (χ0) is 17.9. The maximum absolute atomic E-state index is 12.5. The van der Waals surface area contributed by atoms with Crippen LogP contribution in [0, 0.1) is 5.92 Å². The van der Waals surface area contributed by atoms with Crippen molar-refractivity contribution in [3.05, 3.63) is 24.3 Å². The Morgan fingerprint density at radius 3 is 2.36 bits per heavy atom. The van der Waals surface area contributed by atoms with Crippen LogP contribution in [0.3, 0.4) is 0 Å². The molecule has 25 heavy (non-hydrogen) atoms. The first kappa shape index (κ1) is 18.6. The van der Waals surface area contributed by atoms with Crippen molar-refractivity contribution in [3.8, 4) is 0 Å². The Hall–Kier alpha value is -1.18. The third kappa shape index (κ3) is 4.51. The zero-order valence-corrected chi connectivity index (χ0v) is 16.3. The van der Waals surface area contributed by atoms with E-state index in [1.807, 2.05) is 0 Å². The monoisotopic (exact) mass is 381 g/mol. The molecule has 1 aromatic rings. The molecular formula is C18H27N3O2S2. The molecule has 2 atom stereocenters. The van der Waals surface area contributed by atoms with Gasteiger partial charge in [-0.2, -0.15) is 4.31 Å². The van der Waals surface area contributed by atoms with E-state index < -0.39 is 10.0 Å². The highest BCUT2D eigenvalue weighted by molar-refractivity contribution is 7.89. The van der Waals surface area contributed by atoms with Gasteiger partial charge in [0, 0.05) is 24.8 Å². The second-order valence-electron chi connectivity index (χ2n) is 7.10. The van der Waals surface area contributed by atoms with E-state index in [2.05, 4.69) is 17.6 Å². The van der Waals surface area contributed by atoms with E-state index in [9.17, 15) is 8.42 Å². The fourth-order valence-electron chi connectivity index (χ4n) is 3.65. The van der Waals surface area contributed by atoms with Gasteiger partial charge >= 0.3 is 0 Å². The Morgan fingerprint density at radius 1 is 1.08 bits per heavy atom. The van der Waals surface area contributed by atoms with Crippen molar-refractivity contribution in [2.24, 2.45) is 5.92 Å². The van der Waals surface area contributed by atoms with Gasteiger partial charge in [-0.1, -0.05) is 19.8 Å². The van der Waals surface area contributed by atoms with Crippen LogP contribution in [-0.4, -0.2) is 37.0 Å². The predicted molar refractivity (Wildman–Crippen MR) is 105 cm³/mol. The highest BCUT2D eigenvalue weighted by Crippen LogP contribution is 2.24. The molecule has 138 valence electrons. The SMILES string of the molecule is C[C@H]1CCCC[C@H]1NC(=S)Nc1ccc(S(=O)(=O)N2CCCC2)cc1. The second-order valence-corrected chi connectivity index (χ2v) is 9.45. The first-order chi connectivity index (χ1) is 12.0. The molecule has 0 unspecified atom stereocenters. The van der Waals surface area contributed by atoms with Crippen molar-refractivity contribution in [2.75, 3.05) is 18.4 Å². The summed E-state index contributed by atoms with van der Waals surface area (Å²) in [7, 11) is -3.36. The van der Waals surface area contributed by atoms with E-state index in [0.29, 0.717) is 35.1 Å². The number of anilines is 1. The maximum Gasteiger partial charge on any atom is 0.243 e. The van der Waals surface area contributed by atoms with Gasteiger partial charge in [-0.25, -0.2) is 8.42 Å². The standard InChI is InChI=1S/C18H27N3O2S2/c1-14-6-2-3-7-17(14)20-18(24)19-15-8-10-16(11-9-15)25(22,23)21-12-4-5-13-21/h8-11,14,17H,2-7,12-13H2,1H3,(H2,19,20,24)/t14-,17+/m0/s1. The summed E-state index contributed by atoms with van der Waals surface area (Å²) in [4.78, 5) is 0.347. The molecule has 0 bridgehead atoms.